The number of carbonyl (C=O) groups is 1. The van der Waals surface area contributed by atoms with E-state index in [2.05, 4.69) is 30.1 Å². The molecule has 0 amide bonds. The minimum atomic E-state index is -0.00547. The van der Waals surface area contributed by atoms with Crippen LogP contribution < -0.4 is 0 Å². The number of rotatable bonds is 4. The summed E-state index contributed by atoms with van der Waals surface area (Å²) in [6.07, 6.45) is 3.85. The van der Waals surface area contributed by atoms with Crippen molar-refractivity contribution in [3.05, 3.63) is 29.8 Å². The topological polar surface area (TPSA) is 38.7 Å². The van der Waals surface area contributed by atoms with Crippen molar-refractivity contribution >= 4 is 28.5 Å². The number of hydrogen-bond acceptors (Lipinski definition) is 4. The smallest absolute Gasteiger partial charge is 0.309 e. The molecule has 0 spiro atoms. The van der Waals surface area contributed by atoms with Gasteiger partial charge in [-0.1, -0.05) is 31.5 Å². The molecule has 2 heterocycles. The van der Waals surface area contributed by atoms with E-state index in [1.807, 2.05) is 6.07 Å². The Morgan fingerprint density at radius 1 is 1.40 bits per heavy atom. The Kier molecular flexibility index (Phi) is 4.10. The van der Waals surface area contributed by atoms with E-state index in [1.165, 1.54) is 5.56 Å². The van der Waals surface area contributed by atoms with E-state index >= 15 is 0 Å². The Labute approximate surface area is 123 Å². The number of esters is 1. The third-order valence-corrected chi connectivity index (χ3v) is 4.92. The lowest BCUT2D eigenvalue weighted by Gasteiger charge is -2.07. The molecule has 4 heteroatoms. The fourth-order valence-electron chi connectivity index (χ4n) is 2.79. The van der Waals surface area contributed by atoms with Crippen LogP contribution in [0.3, 0.4) is 0 Å². The number of thioether (sulfide) groups is 1. The van der Waals surface area contributed by atoms with Crippen LogP contribution in [0, 0.1) is 5.92 Å². The second kappa shape index (κ2) is 6.00. The first-order valence-corrected chi connectivity index (χ1v) is 8.23. The number of hydrogen-bond donors (Lipinski definition) is 0. The van der Waals surface area contributed by atoms with Gasteiger partial charge >= 0.3 is 5.97 Å². The zero-order chi connectivity index (χ0) is 13.9. The second-order valence-corrected chi connectivity index (χ2v) is 6.50. The van der Waals surface area contributed by atoms with Crippen molar-refractivity contribution in [3.8, 4) is 0 Å². The van der Waals surface area contributed by atoms with Gasteiger partial charge in [-0.2, -0.15) is 0 Å². The van der Waals surface area contributed by atoms with Gasteiger partial charge in [0, 0.05) is 12.2 Å². The van der Waals surface area contributed by atoms with Crippen LogP contribution in [0.15, 0.2) is 29.3 Å². The Morgan fingerprint density at radius 2 is 2.25 bits per heavy atom. The summed E-state index contributed by atoms with van der Waals surface area (Å²) in [4.78, 5) is 16.3. The normalized spacial score (nSPS) is 24.4. The van der Waals surface area contributed by atoms with E-state index in [9.17, 15) is 4.79 Å². The average Bonchev–Trinajstić information content (AvgIpc) is 3.00. The fourth-order valence-corrected chi connectivity index (χ4v) is 3.79. The molecule has 0 saturated carbocycles. The Bertz CT molecular complexity index is 541. The Balaban J connectivity index is 1.51. The number of para-hydroxylation sites is 1. The molecule has 0 bridgehead atoms. The molecule has 0 aliphatic carbocycles. The monoisotopic (exact) mass is 289 g/mol. The fraction of sp³-hybridized carbons (Fsp3) is 0.500. The summed E-state index contributed by atoms with van der Waals surface area (Å²) in [5, 5.41) is 1.14. The van der Waals surface area contributed by atoms with Crippen molar-refractivity contribution in [1.82, 2.24) is 0 Å². The van der Waals surface area contributed by atoms with Crippen LogP contribution in [-0.2, 0) is 16.0 Å². The van der Waals surface area contributed by atoms with Crippen LogP contribution in [0.5, 0.6) is 0 Å². The number of ether oxygens (including phenoxy) is 1. The van der Waals surface area contributed by atoms with Gasteiger partial charge in [0.2, 0.25) is 0 Å². The van der Waals surface area contributed by atoms with Crippen molar-refractivity contribution in [3.63, 3.8) is 0 Å². The van der Waals surface area contributed by atoms with Gasteiger partial charge in [-0.3, -0.25) is 4.79 Å². The van der Waals surface area contributed by atoms with E-state index in [-0.39, 0.29) is 18.0 Å². The summed E-state index contributed by atoms with van der Waals surface area (Å²) in [6, 6.07) is 8.25. The lowest BCUT2D eigenvalue weighted by Crippen LogP contribution is -2.11. The minimum absolute atomic E-state index is 0.00547. The summed E-state index contributed by atoms with van der Waals surface area (Å²) >= 11 is 1.73. The first-order chi connectivity index (χ1) is 9.76. The zero-order valence-electron chi connectivity index (χ0n) is 11.7. The zero-order valence-corrected chi connectivity index (χ0v) is 12.5. The molecule has 2 aliphatic heterocycles. The highest BCUT2D eigenvalue weighted by Crippen LogP contribution is 2.32. The van der Waals surface area contributed by atoms with Crippen LogP contribution in [0.4, 0.5) is 5.69 Å². The van der Waals surface area contributed by atoms with Gasteiger partial charge in [0.25, 0.3) is 0 Å². The standard InChI is InChI=1S/C16H19NO2S/c1-2-5-12-8-13(19-16(12)18)10-20-15-9-11-6-3-4-7-14(11)17-15/h3-4,6-7,12-13H,2,5,8-10H2,1H3. The number of aliphatic imine (C=N–C) groups is 1. The SMILES string of the molecule is CCCC1CC(CSC2=Nc3ccccc3C2)OC1=O. The molecule has 0 aromatic heterocycles. The molecular weight excluding hydrogens is 270 g/mol. The molecule has 2 atom stereocenters. The maximum Gasteiger partial charge on any atom is 0.309 e. The minimum Gasteiger partial charge on any atom is -0.461 e. The first kappa shape index (κ1) is 13.7. The van der Waals surface area contributed by atoms with Gasteiger partial charge in [0.15, 0.2) is 0 Å². The van der Waals surface area contributed by atoms with Gasteiger partial charge in [-0.25, -0.2) is 4.99 Å². The van der Waals surface area contributed by atoms with Crippen LogP contribution in [0.2, 0.25) is 0 Å². The Morgan fingerprint density at radius 3 is 3.05 bits per heavy atom. The molecule has 1 aromatic carbocycles. The molecule has 1 saturated heterocycles. The molecule has 0 radical (unpaired) electrons. The lowest BCUT2D eigenvalue weighted by molar-refractivity contribution is -0.143. The van der Waals surface area contributed by atoms with Gasteiger partial charge < -0.3 is 4.74 Å². The van der Waals surface area contributed by atoms with Crippen LogP contribution in [0.25, 0.3) is 0 Å². The predicted molar refractivity (Wildman–Crippen MR) is 82.6 cm³/mol. The molecule has 2 aliphatic rings. The quantitative estimate of drug-likeness (QED) is 0.793. The van der Waals surface area contributed by atoms with E-state index in [4.69, 9.17) is 4.74 Å². The molecule has 2 unspecified atom stereocenters. The number of fused-ring (bicyclic) bond motifs is 1. The Hall–Kier alpha value is -1.29. The molecule has 20 heavy (non-hydrogen) atoms. The summed E-state index contributed by atoms with van der Waals surface area (Å²) in [5.74, 6) is 0.945. The lowest BCUT2D eigenvalue weighted by atomic mass is 10.0. The molecular formula is C16H19NO2S. The highest BCUT2D eigenvalue weighted by atomic mass is 32.2. The molecule has 1 fully saturated rings. The van der Waals surface area contributed by atoms with Gasteiger partial charge in [-0.05, 0) is 24.5 Å². The van der Waals surface area contributed by atoms with Gasteiger partial charge in [0.1, 0.15) is 6.10 Å². The van der Waals surface area contributed by atoms with E-state index in [0.29, 0.717) is 0 Å². The third kappa shape index (κ3) is 2.90. The van der Waals surface area contributed by atoms with Gasteiger partial charge in [0.05, 0.1) is 16.6 Å². The largest absolute Gasteiger partial charge is 0.461 e. The van der Waals surface area contributed by atoms with Crippen molar-refractivity contribution < 1.29 is 9.53 Å². The third-order valence-electron chi connectivity index (χ3n) is 3.81. The number of carbonyl (C=O) groups excluding carboxylic acids is 1. The van der Waals surface area contributed by atoms with Crippen LogP contribution >= 0.6 is 11.8 Å². The number of cyclic esters (lactones) is 1. The van der Waals surface area contributed by atoms with Crippen molar-refractivity contribution in [2.24, 2.45) is 10.9 Å². The maximum atomic E-state index is 11.7. The highest BCUT2D eigenvalue weighted by Gasteiger charge is 2.33. The predicted octanol–water partition coefficient (Wildman–Crippen LogP) is 3.74. The average molecular weight is 289 g/mol. The summed E-state index contributed by atoms with van der Waals surface area (Å²) in [5.41, 5.74) is 2.38. The van der Waals surface area contributed by atoms with Crippen molar-refractivity contribution in [1.29, 1.82) is 0 Å². The van der Waals surface area contributed by atoms with Gasteiger partial charge in [-0.15, -0.1) is 11.8 Å². The number of nitrogens with zero attached hydrogens (tertiary/aromatic N) is 1. The molecule has 0 N–H and O–H groups in total. The molecule has 1 aromatic rings. The van der Waals surface area contributed by atoms with Crippen molar-refractivity contribution in [2.45, 2.75) is 38.7 Å². The summed E-state index contributed by atoms with van der Waals surface area (Å²) in [7, 11) is 0. The van der Waals surface area contributed by atoms with Crippen LogP contribution in [0.1, 0.15) is 31.7 Å². The molecule has 106 valence electrons. The van der Waals surface area contributed by atoms with E-state index in [1.54, 1.807) is 11.8 Å². The molecule has 3 rings (SSSR count). The summed E-state index contributed by atoms with van der Waals surface area (Å²) in [6.45, 7) is 2.11. The van der Waals surface area contributed by atoms with E-state index < -0.39 is 0 Å². The highest BCUT2D eigenvalue weighted by molar-refractivity contribution is 8.14. The second-order valence-electron chi connectivity index (χ2n) is 5.40. The van der Waals surface area contributed by atoms with Crippen molar-refractivity contribution in [2.75, 3.05) is 5.75 Å². The summed E-state index contributed by atoms with van der Waals surface area (Å²) < 4.78 is 5.45. The van der Waals surface area contributed by atoms with Crippen LogP contribution in [-0.4, -0.2) is 22.9 Å². The number of benzene rings is 1. The maximum absolute atomic E-state index is 11.7. The first-order valence-electron chi connectivity index (χ1n) is 7.25. The molecule has 3 nitrogen and oxygen atoms in total. The van der Waals surface area contributed by atoms with E-state index in [0.717, 1.165) is 42.2 Å².